The van der Waals surface area contributed by atoms with Gasteiger partial charge in [-0.25, -0.2) is 4.79 Å². The summed E-state index contributed by atoms with van der Waals surface area (Å²) in [6.07, 6.45) is 2.07. The van der Waals surface area contributed by atoms with Crippen molar-refractivity contribution in [1.29, 1.82) is 0 Å². The second kappa shape index (κ2) is 5.14. The SMILES string of the molecule is CCCCC(=O)Nc1cc(=O)[nH]c(=O)[nH]1. The molecule has 3 N–H and O–H groups in total. The molecule has 0 saturated carbocycles. The quantitative estimate of drug-likeness (QED) is 0.663. The highest BCUT2D eigenvalue weighted by molar-refractivity contribution is 5.89. The summed E-state index contributed by atoms with van der Waals surface area (Å²) in [5.41, 5.74) is -1.17. The maximum absolute atomic E-state index is 11.2. The predicted octanol–water partition coefficient (Wildman–Crippen LogP) is 0.192. The molecule has 0 fully saturated rings. The van der Waals surface area contributed by atoms with Crippen molar-refractivity contribution in [1.82, 2.24) is 9.97 Å². The number of carbonyl (C=O) groups is 1. The average molecular weight is 211 g/mol. The van der Waals surface area contributed by atoms with Gasteiger partial charge in [-0.3, -0.25) is 19.6 Å². The van der Waals surface area contributed by atoms with Crippen molar-refractivity contribution in [3.8, 4) is 0 Å². The largest absolute Gasteiger partial charge is 0.327 e. The van der Waals surface area contributed by atoms with Crippen LogP contribution >= 0.6 is 0 Å². The minimum absolute atomic E-state index is 0.129. The fourth-order valence-electron chi connectivity index (χ4n) is 1.09. The molecule has 15 heavy (non-hydrogen) atoms. The molecule has 6 heteroatoms. The Hall–Kier alpha value is -1.85. The highest BCUT2D eigenvalue weighted by Gasteiger charge is 2.02. The van der Waals surface area contributed by atoms with Gasteiger partial charge in [0, 0.05) is 12.5 Å². The van der Waals surface area contributed by atoms with Gasteiger partial charge in [-0.2, -0.15) is 0 Å². The van der Waals surface area contributed by atoms with Gasteiger partial charge in [0.25, 0.3) is 5.56 Å². The molecule has 0 aliphatic carbocycles. The van der Waals surface area contributed by atoms with E-state index in [-0.39, 0.29) is 11.7 Å². The van der Waals surface area contributed by atoms with Gasteiger partial charge in [0.05, 0.1) is 0 Å². The van der Waals surface area contributed by atoms with Crippen molar-refractivity contribution in [2.75, 3.05) is 5.32 Å². The molecule has 1 rings (SSSR count). The third kappa shape index (κ3) is 3.80. The van der Waals surface area contributed by atoms with Crippen molar-refractivity contribution in [2.45, 2.75) is 26.2 Å². The average Bonchev–Trinajstić information content (AvgIpc) is 2.13. The second-order valence-electron chi connectivity index (χ2n) is 3.15. The number of nitrogens with one attached hydrogen (secondary N) is 3. The number of anilines is 1. The Kier molecular flexibility index (Phi) is 3.84. The maximum atomic E-state index is 11.2. The molecule has 0 saturated heterocycles. The lowest BCUT2D eigenvalue weighted by molar-refractivity contribution is -0.116. The van der Waals surface area contributed by atoms with Crippen LogP contribution in [0.15, 0.2) is 15.7 Å². The molecule has 1 aromatic heterocycles. The van der Waals surface area contributed by atoms with Gasteiger partial charge >= 0.3 is 5.69 Å². The molecule has 0 spiro atoms. The Morgan fingerprint density at radius 3 is 2.73 bits per heavy atom. The third-order valence-electron chi connectivity index (χ3n) is 1.79. The standard InChI is InChI=1S/C9H13N3O3/c1-2-3-4-7(13)10-6-5-8(14)12-9(15)11-6/h5H,2-4H2,1H3,(H3,10,11,12,13,14,15). The first-order valence-electron chi connectivity index (χ1n) is 4.75. The molecule has 0 bridgehead atoms. The minimum Gasteiger partial charge on any atom is -0.312 e. The van der Waals surface area contributed by atoms with Crippen LogP contribution in [0.2, 0.25) is 0 Å². The van der Waals surface area contributed by atoms with Crippen LogP contribution < -0.4 is 16.6 Å². The number of aromatic nitrogens is 2. The van der Waals surface area contributed by atoms with Gasteiger partial charge in [0.1, 0.15) is 5.82 Å². The van der Waals surface area contributed by atoms with Crippen LogP contribution in [-0.4, -0.2) is 15.9 Å². The first-order valence-corrected chi connectivity index (χ1v) is 4.75. The van der Waals surface area contributed by atoms with Crippen LogP contribution in [0.5, 0.6) is 0 Å². The van der Waals surface area contributed by atoms with Crippen molar-refractivity contribution in [2.24, 2.45) is 0 Å². The van der Waals surface area contributed by atoms with Crippen LogP contribution in [-0.2, 0) is 4.79 Å². The summed E-state index contributed by atoms with van der Waals surface area (Å²) >= 11 is 0. The Morgan fingerprint density at radius 1 is 1.40 bits per heavy atom. The number of unbranched alkanes of at least 4 members (excludes halogenated alkanes) is 1. The van der Waals surface area contributed by atoms with Gasteiger partial charge in [-0.1, -0.05) is 13.3 Å². The topological polar surface area (TPSA) is 94.8 Å². The number of H-pyrrole nitrogens is 2. The smallest absolute Gasteiger partial charge is 0.312 e. The van der Waals surface area contributed by atoms with E-state index in [1.54, 1.807) is 0 Å². The second-order valence-corrected chi connectivity index (χ2v) is 3.15. The summed E-state index contributed by atoms with van der Waals surface area (Å²) < 4.78 is 0. The van der Waals surface area contributed by atoms with E-state index in [1.165, 1.54) is 0 Å². The van der Waals surface area contributed by atoms with Crippen LogP contribution in [0.1, 0.15) is 26.2 Å². The Morgan fingerprint density at radius 2 is 2.13 bits per heavy atom. The molecule has 1 aromatic rings. The van der Waals surface area contributed by atoms with Crippen LogP contribution in [0.4, 0.5) is 5.82 Å². The molecule has 0 aliphatic rings. The van der Waals surface area contributed by atoms with E-state index in [9.17, 15) is 14.4 Å². The summed E-state index contributed by atoms with van der Waals surface area (Å²) in [6.45, 7) is 1.97. The molecule has 82 valence electrons. The van der Waals surface area contributed by atoms with E-state index in [2.05, 4.69) is 10.3 Å². The number of hydrogen-bond donors (Lipinski definition) is 3. The van der Waals surface area contributed by atoms with E-state index in [0.717, 1.165) is 18.9 Å². The predicted molar refractivity (Wildman–Crippen MR) is 55.8 cm³/mol. The lowest BCUT2D eigenvalue weighted by Crippen LogP contribution is -2.24. The summed E-state index contributed by atoms with van der Waals surface area (Å²) in [7, 11) is 0. The van der Waals surface area contributed by atoms with E-state index in [4.69, 9.17) is 0 Å². The van der Waals surface area contributed by atoms with Gasteiger partial charge < -0.3 is 5.32 Å². The summed E-state index contributed by atoms with van der Waals surface area (Å²) in [6, 6.07) is 1.13. The monoisotopic (exact) mass is 211 g/mol. The van der Waals surface area contributed by atoms with Crippen LogP contribution in [0.25, 0.3) is 0 Å². The van der Waals surface area contributed by atoms with Gasteiger partial charge in [-0.05, 0) is 6.42 Å². The zero-order valence-corrected chi connectivity index (χ0v) is 8.42. The van der Waals surface area contributed by atoms with Gasteiger partial charge in [0.2, 0.25) is 5.91 Å². The first kappa shape index (κ1) is 11.2. The van der Waals surface area contributed by atoms with E-state index >= 15 is 0 Å². The van der Waals surface area contributed by atoms with Gasteiger partial charge in [-0.15, -0.1) is 0 Å². The highest BCUT2D eigenvalue weighted by atomic mass is 16.2. The number of amides is 1. The fourth-order valence-corrected chi connectivity index (χ4v) is 1.09. The molecule has 0 aromatic carbocycles. The van der Waals surface area contributed by atoms with Crippen molar-refractivity contribution in [3.63, 3.8) is 0 Å². The zero-order chi connectivity index (χ0) is 11.3. The number of rotatable bonds is 4. The summed E-state index contributed by atoms with van der Waals surface area (Å²) in [4.78, 5) is 37.3. The Labute approximate surface area is 85.7 Å². The zero-order valence-electron chi connectivity index (χ0n) is 8.42. The lowest BCUT2D eigenvalue weighted by atomic mass is 10.2. The normalized spacial score (nSPS) is 9.93. The molecule has 0 unspecified atom stereocenters. The van der Waals surface area contributed by atoms with E-state index in [0.29, 0.717) is 6.42 Å². The highest BCUT2D eigenvalue weighted by Crippen LogP contribution is 1.99. The molecule has 0 atom stereocenters. The minimum atomic E-state index is -0.631. The molecular formula is C9H13N3O3. The van der Waals surface area contributed by atoms with E-state index < -0.39 is 11.2 Å². The fraction of sp³-hybridized carbons (Fsp3) is 0.444. The van der Waals surface area contributed by atoms with Crippen molar-refractivity contribution >= 4 is 11.7 Å². The molecule has 6 nitrogen and oxygen atoms in total. The van der Waals surface area contributed by atoms with Crippen LogP contribution in [0.3, 0.4) is 0 Å². The van der Waals surface area contributed by atoms with Crippen LogP contribution in [0, 0.1) is 0 Å². The number of carbonyl (C=O) groups excluding carboxylic acids is 1. The maximum Gasteiger partial charge on any atom is 0.327 e. The molecule has 1 heterocycles. The number of aromatic amines is 2. The Bertz CT molecular complexity index is 418. The number of hydrogen-bond acceptors (Lipinski definition) is 3. The van der Waals surface area contributed by atoms with E-state index in [1.807, 2.05) is 11.9 Å². The van der Waals surface area contributed by atoms with Crippen molar-refractivity contribution < 1.29 is 4.79 Å². The van der Waals surface area contributed by atoms with Crippen molar-refractivity contribution in [3.05, 3.63) is 26.9 Å². The molecule has 1 amide bonds. The Balaban J connectivity index is 2.68. The lowest BCUT2D eigenvalue weighted by Gasteiger charge is -2.02. The molecule has 0 aliphatic heterocycles. The summed E-state index contributed by atoms with van der Waals surface area (Å²) in [5.74, 6) is -0.0806. The summed E-state index contributed by atoms with van der Waals surface area (Å²) in [5, 5.41) is 2.44. The molecular weight excluding hydrogens is 198 g/mol. The van der Waals surface area contributed by atoms with Gasteiger partial charge in [0.15, 0.2) is 0 Å². The third-order valence-corrected chi connectivity index (χ3v) is 1.79. The first-order chi connectivity index (χ1) is 7.11. The molecule has 0 radical (unpaired) electrons.